The van der Waals surface area contributed by atoms with E-state index in [0.29, 0.717) is 0 Å². The van der Waals surface area contributed by atoms with E-state index in [1.165, 1.54) is 18.9 Å². The van der Waals surface area contributed by atoms with Crippen LogP contribution in [-0.4, -0.2) is 18.0 Å². The molecule has 0 aromatic heterocycles. The molecule has 1 fully saturated rings. The first-order valence-corrected chi connectivity index (χ1v) is 6.00. The Morgan fingerprint density at radius 3 is 2.71 bits per heavy atom. The van der Waals surface area contributed by atoms with Gasteiger partial charge in [-0.15, -0.1) is 0 Å². The Labute approximate surface area is 97.4 Å². The molecule has 1 aromatic rings. The van der Waals surface area contributed by atoms with Gasteiger partial charge in [0, 0.05) is 10.1 Å². The molecule has 1 aliphatic rings. The molecule has 0 unspecified atom stereocenters. The van der Waals surface area contributed by atoms with E-state index in [0.717, 1.165) is 28.8 Å². The summed E-state index contributed by atoms with van der Waals surface area (Å²) in [4.78, 5) is 2.39. The molecular weight excluding hydrogens is 292 g/mol. The Hall–Kier alpha value is -0.160. The molecule has 76 valence electrons. The van der Waals surface area contributed by atoms with Gasteiger partial charge in [0.25, 0.3) is 0 Å². The number of hydrogen-bond acceptors (Lipinski definition) is 1. The molecule has 0 saturated carbocycles. The summed E-state index contributed by atoms with van der Waals surface area (Å²) >= 11 is 2.27. The van der Waals surface area contributed by atoms with E-state index in [1.807, 2.05) is 6.07 Å². The fourth-order valence-electron chi connectivity index (χ4n) is 1.85. The van der Waals surface area contributed by atoms with Gasteiger partial charge in [0.15, 0.2) is 0 Å². The molecule has 0 bridgehead atoms. The third-order valence-electron chi connectivity index (χ3n) is 2.60. The van der Waals surface area contributed by atoms with Crippen molar-refractivity contribution in [3.63, 3.8) is 0 Å². The highest BCUT2D eigenvalue weighted by Crippen LogP contribution is 2.18. The van der Waals surface area contributed by atoms with Crippen molar-refractivity contribution in [1.29, 1.82) is 0 Å². The lowest BCUT2D eigenvalue weighted by Crippen LogP contribution is -2.19. The van der Waals surface area contributed by atoms with E-state index in [2.05, 4.69) is 27.5 Å². The summed E-state index contributed by atoms with van der Waals surface area (Å²) in [6.45, 7) is 3.22. The van der Waals surface area contributed by atoms with Crippen molar-refractivity contribution in [3.05, 3.63) is 33.1 Å². The summed E-state index contributed by atoms with van der Waals surface area (Å²) in [5, 5.41) is 0. The third kappa shape index (κ3) is 2.45. The van der Waals surface area contributed by atoms with Crippen molar-refractivity contribution in [2.24, 2.45) is 0 Å². The smallest absolute Gasteiger partial charge is 0.123 e. The number of nitrogens with zero attached hydrogens (tertiary/aromatic N) is 1. The summed E-state index contributed by atoms with van der Waals surface area (Å²) in [6.07, 6.45) is 2.57. The van der Waals surface area contributed by atoms with Crippen molar-refractivity contribution in [1.82, 2.24) is 4.90 Å². The van der Waals surface area contributed by atoms with Crippen molar-refractivity contribution in [2.45, 2.75) is 19.4 Å². The van der Waals surface area contributed by atoms with E-state index in [1.54, 1.807) is 6.07 Å². The lowest BCUT2D eigenvalue weighted by Gasteiger charge is -2.15. The average Bonchev–Trinajstić information content (AvgIpc) is 2.64. The second-order valence-electron chi connectivity index (χ2n) is 3.72. The minimum absolute atomic E-state index is 0.125. The molecule has 3 heteroatoms. The van der Waals surface area contributed by atoms with Crippen LogP contribution in [0.2, 0.25) is 0 Å². The molecule has 0 radical (unpaired) electrons. The van der Waals surface area contributed by atoms with Gasteiger partial charge in [-0.3, -0.25) is 4.90 Å². The van der Waals surface area contributed by atoms with E-state index < -0.39 is 0 Å². The molecule has 0 aliphatic carbocycles. The van der Waals surface area contributed by atoms with Gasteiger partial charge >= 0.3 is 0 Å². The van der Waals surface area contributed by atoms with Crippen molar-refractivity contribution < 1.29 is 4.39 Å². The first kappa shape index (κ1) is 10.4. The third-order valence-corrected chi connectivity index (χ3v) is 3.65. The van der Waals surface area contributed by atoms with Crippen molar-refractivity contribution in [3.8, 4) is 0 Å². The molecule has 2 rings (SSSR count). The molecule has 1 aliphatic heterocycles. The molecule has 0 amide bonds. The quantitative estimate of drug-likeness (QED) is 0.759. The van der Waals surface area contributed by atoms with Crippen LogP contribution in [0.1, 0.15) is 18.4 Å². The lowest BCUT2D eigenvalue weighted by molar-refractivity contribution is 0.330. The van der Waals surface area contributed by atoms with Crippen molar-refractivity contribution in [2.75, 3.05) is 13.1 Å². The van der Waals surface area contributed by atoms with Gasteiger partial charge < -0.3 is 0 Å². The maximum atomic E-state index is 13.0. The van der Waals surface area contributed by atoms with Crippen LogP contribution in [-0.2, 0) is 6.54 Å². The average molecular weight is 305 g/mol. The maximum absolute atomic E-state index is 13.0. The monoisotopic (exact) mass is 305 g/mol. The van der Waals surface area contributed by atoms with Gasteiger partial charge in [-0.2, -0.15) is 0 Å². The lowest BCUT2D eigenvalue weighted by atomic mass is 10.2. The molecule has 1 heterocycles. The Morgan fingerprint density at radius 1 is 1.29 bits per heavy atom. The number of benzene rings is 1. The standard InChI is InChI=1S/C11H13FIN/c12-10-3-4-11(13)9(7-10)8-14-5-1-2-6-14/h3-4,7H,1-2,5-6,8H2. The summed E-state index contributed by atoms with van der Waals surface area (Å²) < 4.78 is 14.2. The first-order valence-electron chi connectivity index (χ1n) is 4.92. The van der Waals surface area contributed by atoms with Gasteiger partial charge in [0.2, 0.25) is 0 Å². The van der Waals surface area contributed by atoms with E-state index >= 15 is 0 Å². The molecular formula is C11H13FIN. The Morgan fingerprint density at radius 2 is 2.00 bits per heavy atom. The number of halogens is 2. The predicted molar refractivity (Wildman–Crippen MR) is 63.6 cm³/mol. The van der Waals surface area contributed by atoms with E-state index in [9.17, 15) is 4.39 Å². The maximum Gasteiger partial charge on any atom is 0.123 e. The largest absolute Gasteiger partial charge is 0.299 e. The zero-order valence-electron chi connectivity index (χ0n) is 7.97. The molecule has 0 atom stereocenters. The second kappa shape index (κ2) is 4.57. The van der Waals surface area contributed by atoms with Gasteiger partial charge in [-0.05, 0) is 72.3 Å². The second-order valence-corrected chi connectivity index (χ2v) is 4.88. The van der Waals surface area contributed by atoms with Crippen LogP contribution in [0.25, 0.3) is 0 Å². The van der Waals surface area contributed by atoms with Gasteiger partial charge in [-0.25, -0.2) is 4.39 Å². The fraction of sp³-hybridized carbons (Fsp3) is 0.455. The molecule has 1 saturated heterocycles. The Kier molecular flexibility index (Phi) is 3.38. The minimum Gasteiger partial charge on any atom is -0.299 e. The molecule has 1 nitrogen and oxygen atoms in total. The summed E-state index contributed by atoms with van der Waals surface area (Å²) in [6, 6.07) is 5.02. The van der Waals surface area contributed by atoms with Crippen LogP contribution in [0.5, 0.6) is 0 Å². The normalized spacial score (nSPS) is 17.6. The number of rotatable bonds is 2. The highest BCUT2D eigenvalue weighted by Gasteiger charge is 2.13. The Bertz CT molecular complexity index is 321. The molecule has 0 spiro atoms. The summed E-state index contributed by atoms with van der Waals surface area (Å²) in [5.74, 6) is -0.125. The minimum atomic E-state index is -0.125. The van der Waals surface area contributed by atoms with Gasteiger partial charge in [0.05, 0.1) is 0 Å². The summed E-state index contributed by atoms with van der Waals surface area (Å²) in [5.41, 5.74) is 1.12. The molecule has 14 heavy (non-hydrogen) atoms. The zero-order chi connectivity index (χ0) is 9.97. The highest BCUT2D eigenvalue weighted by atomic mass is 127. The van der Waals surface area contributed by atoms with Crippen molar-refractivity contribution >= 4 is 22.6 Å². The van der Waals surface area contributed by atoms with E-state index in [-0.39, 0.29) is 5.82 Å². The van der Waals surface area contributed by atoms with E-state index in [4.69, 9.17) is 0 Å². The highest BCUT2D eigenvalue weighted by molar-refractivity contribution is 14.1. The van der Waals surface area contributed by atoms with Gasteiger partial charge in [-0.1, -0.05) is 0 Å². The molecule has 0 N–H and O–H groups in total. The van der Waals surface area contributed by atoms with Crippen LogP contribution in [0, 0.1) is 9.39 Å². The zero-order valence-corrected chi connectivity index (χ0v) is 10.1. The predicted octanol–water partition coefficient (Wildman–Crippen LogP) is 3.03. The van der Waals surface area contributed by atoms with Crippen LogP contribution in [0.3, 0.4) is 0 Å². The Balaban J connectivity index is 2.10. The summed E-state index contributed by atoms with van der Waals surface area (Å²) in [7, 11) is 0. The van der Waals surface area contributed by atoms with Crippen LogP contribution >= 0.6 is 22.6 Å². The van der Waals surface area contributed by atoms with Crippen LogP contribution in [0.15, 0.2) is 18.2 Å². The topological polar surface area (TPSA) is 3.24 Å². The van der Waals surface area contributed by atoms with Crippen LogP contribution < -0.4 is 0 Å². The van der Waals surface area contributed by atoms with Crippen LogP contribution in [0.4, 0.5) is 4.39 Å². The SMILES string of the molecule is Fc1ccc(I)c(CN2CCCC2)c1. The first-order chi connectivity index (χ1) is 6.75. The fourth-order valence-corrected chi connectivity index (χ4v) is 2.35. The number of hydrogen-bond donors (Lipinski definition) is 0. The van der Waals surface area contributed by atoms with Gasteiger partial charge in [0.1, 0.15) is 5.82 Å². The molecule has 1 aromatic carbocycles. The number of likely N-dealkylation sites (tertiary alicyclic amines) is 1.